The summed E-state index contributed by atoms with van der Waals surface area (Å²) in [5.74, 6) is 0. The Hall–Kier alpha value is -1.59. The van der Waals surface area contributed by atoms with Gasteiger partial charge in [0, 0.05) is 10.2 Å². The molecule has 0 saturated heterocycles. The lowest BCUT2D eigenvalue weighted by atomic mass is 10.2. The monoisotopic (exact) mass is 347 g/mol. The molecule has 3 nitrogen and oxygen atoms in total. The first kappa shape index (κ1) is 13.4. The lowest BCUT2D eigenvalue weighted by Crippen LogP contribution is -1.96. The summed E-state index contributed by atoms with van der Waals surface area (Å²) < 4.78 is 2.20. The molecule has 3 rings (SSSR count). The maximum atomic E-state index is 6.12. The average molecular weight is 348 g/mol. The summed E-state index contributed by atoms with van der Waals surface area (Å²) in [5, 5.41) is 4.40. The minimum atomic E-state index is 0.734. The van der Waals surface area contributed by atoms with Crippen molar-refractivity contribution in [2.24, 2.45) is 0 Å². The van der Waals surface area contributed by atoms with Gasteiger partial charge in [0.2, 0.25) is 0 Å². The molecule has 0 saturated carbocycles. The normalized spacial score (nSPS) is 10.9. The fourth-order valence-electron chi connectivity index (χ4n) is 2.04. The Kier molecular flexibility index (Phi) is 3.40. The smallest absolute Gasteiger partial charge is 0.0907 e. The average Bonchev–Trinajstić information content (AvgIpc) is 2.73. The van der Waals surface area contributed by atoms with Crippen LogP contribution in [0.15, 0.2) is 34.8 Å². The highest BCUT2D eigenvalue weighted by atomic mass is 79.9. The van der Waals surface area contributed by atoms with Crippen LogP contribution in [0.1, 0.15) is 10.6 Å². The predicted octanol–water partition coefficient (Wildman–Crippen LogP) is 5.00. The van der Waals surface area contributed by atoms with Gasteiger partial charge in [0.1, 0.15) is 0 Å². The SMILES string of the molecule is Cc1nc2cc(Nc3ccc(C)c(Br)c3)c(N)cc2s1. The van der Waals surface area contributed by atoms with Gasteiger partial charge in [0.15, 0.2) is 0 Å². The first-order chi connectivity index (χ1) is 9.52. The predicted molar refractivity (Wildman–Crippen MR) is 90.9 cm³/mol. The van der Waals surface area contributed by atoms with E-state index in [1.54, 1.807) is 11.3 Å². The number of thiazole rings is 1. The highest BCUT2D eigenvalue weighted by Crippen LogP contribution is 2.32. The Morgan fingerprint density at radius 2 is 2.00 bits per heavy atom. The van der Waals surface area contributed by atoms with Crippen LogP contribution in [0.5, 0.6) is 0 Å². The van der Waals surface area contributed by atoms with Crippen molar-refractivity contribution in [3.8, 4) is 0 Å². The highest BCUT2D eigenvalue weighted by Gasteiger charge is 2.07. The van der Waals surface area contributed by atoms with Crippen LogP contribution >= 0.6 is 27.3 Å². The molecule has 3 aromatic rings. The van der Waals surface area contributed by atoms with E-state index >= 15 is 0 Å². The summed E-state index contributed by atoms with van der Waals surface area (Å²) in [6, 6.07) is 10.1. The standard InChI is InChI=1S/C15H14BrN3S/c1-8-3-4-10(5-11(8)16)19-13-7-14-15(6-12(13)17)20-9(2)18-14/h3-7,19H,17H2,1-2H3. The Morgan fingerprint density at radius 3 is 2.75 bits per heavy atom. The molecule has 102 valence electrons. The Bertz CT molecular complexity index is 795. The van der Waals surface area contributed by atoms with Gasteiger partial charge in [-0.15, -0.1) is 11.3 Å². The van der Waals surface area contributed by atoms with E-state index in [0.29, 0.717) is 0 Å². The first-order valence-corrected chi connectivity index (χ1v) is 7.84. The Balaban J connectivity index is 2.00. The topological polar surface area (TPSA) is 50.9 Å². The van der Waals surface area contributed by atoms with Crippen LogP contribution in [0.25, 0.3) is 10.2 Å². The molecule has 0 amide bonds. The number of aryl methyl sites for hydroxylation is 2. The number of nitrogens with zero attached hydrogens (tertiary/aromatic N) is 1. The van der Waals surface area contributed by atoms with Crippen molar-refractivity contribution >= 4 is 54.5 Å². The van der Waals surface area contributed by atoms with Crippen LogP contribution in [0.4, 0.5) is 17.1 Å². The van der Waals surface area contributed by atoms with E-state index in [9.17, 15) is 0 Å². The number of rotatable bonds is 2. The van der Waals surface area contributed by atoms with Gasteiger partial charge in [0.25, 0.3) is 0 Å². The zero-order chi connectivity index (χ0) is 14.3. The van der Waals surface area contributed by atoms with Crippen LogP contribution in [-0.2, 0) is 0 Å². The summed E-state index contributed by atoms with van der Waals surface area (Å²) >= 11 is 5.20. The van der Waals surface area contributed by atoms with E-state index in [1.807, 2.05) is 31.2 Å². The fourth-order valence-corrected chi connectivity index (χ4v) is 3.28. The van der Waals surface area contributed by atoms with Crippen LogP contribution in [0, 0.1) is 13.8 Å². The van der Waals surface area contributed by atoms with E-state index in [0.717, 1.165) is 36.8 Å². The van der Waals surface area contributed by atoms with Gasteiger partial charge in [-0.05, 0) is 43.7 Å². The van der Waals surface area contributed by atoms with Crippen LogP contribution in [0.2, 0.25) is 0 Å². The number of halogens is 1. The van der Waals surface area contributed by atoms with E-state index in [2.05, 4.69) is 39.2 Å². The number of benzene rings is 2. The largest absolute Gasteiger partial charge is 0.397 e. The zero-order valence-electron chi connectivity index (χ0n) is 11.2. The molecule has 0 unspecified atom stereocenters. The lowest BCUT2D eigenvalue weighted by molar-refractivity contribution is 1.35. The maximum Gasteiger partial charge on any atom is 0.0907 e. The molecular weight excluding hydrogens is 334 g/mol. The van der Waals surface area contributed by atoms with Gasteiger partial charge in [-0.25, -0.2) is 4.98 Å². The van der Waals surface area contributed by atoms with Crippen LogP contribution in [0.3, 0.4) is 0 Å². The fraction of sp³-hybridized carbons (Fsp3) is 0.133. The van der Waals surface area contributed by atoms with Crippen LogP contribution < -0.4 is 11.1 Å². The van der Waals surface area contributed by atoms with Crippen molar-refractivity contribution in [2.45, 2.75) is 13.8 Å². The molecule has 0 radical (unpaired) electrons. The molecule has 5 heteroatoms. The van der Waals surface area contributed by atoms with Crippen molar-refractivity contribution in [2.75, 3.05) is 11.1 Å². The van der Waals surface area contributed by atoms with Crippen molar-refractivity contribution in [1.82, 2.24) is 4.98 Å². The number of hydrogen-bond donors (Lipinski definition) is 2. The minimum absolute atomic E-state index is 0.734. The van der Waals surface area contributed by atoms with Crippen molar-refractivity contribution < 1.29 is 0 Å². The molecule has 0 fully saturated rings. The number of anilines is 3. The van der Waals surface area contributed by atoms with Gasteiger partial charge in [-0.1, -0.05) is 22.0 Å². The van der Waals surface area contributed by atoms with E-state index in [4.69, 9.17) is 5.73 Å². The van der Waals surface area contributed by atoms with Gasteiger partial charge in [0.05, 0.1) is 26.6 Å². The van der Waals surface area contributed by atoms with E-state index in [-0.39, 0.29) is 0 Å². The summed E-state index contributed by atoms with van der Waals surface area (Å²) in [6.45, 7) is 4.07. The molecule has 0 aliphatic rings. The summed E-state index contributed by atoms with van der Waals surface area (Å²) in [4.78, 5) is 4.50. The third-order valence-corrected chi connectivity index (χ3v) is 4.91. The summed E-state index contributed by atoms with van der Waals surface area (Å²) in [5.41, 5.74) is 10.9. The molecule has 0 bridgehead atoms. The molecule has 0 atom stereocenters. The van der Waals surface area contributed by atoms with Gasteiger partial charge >= 0.3 is 0 Å². The van der Waals surface area contributed by atoms with E-state index < -0.39 is 0 Å². The van der Waals surface area contributed by atoms with Crippen molar-refractivity contribution in [3.63, 3.8) is 0 Å². The first-order valence-electron chi connectivity index (χ1n) is 6.23. The molecule has 0 aliphatic carbocycles. The molecule has 0 spiro atoms. The second-order valence-electron chi connectivity index (χ2n) is 4.73. The number of fused-ring (bicyclic) bond motifs is 1. The number of hydrogen-bond acceptors (Lipinski definition) is 4. The number of nitrogens with two attached hydrogens (primary N) is 1. The van der Waals surface area contributed by atoms with Crippen molar-refractivity contribution in [3.05, 3.63) is 45.4 Å². The highest BCUT2D eigenvalue weighted by molar-refractivity contribution is 9.10. The Morgan fingerprint density at radius 1 is 1.20 bits per heavy atom. The second-order valence-corrected chi connectivity index (χ2v) is 6.82. The molecule has 1 heterocycles. The van der Waals surface area contributed by atoms with Crippen LogP contribution in [-0.4, -0.2) is 4.98 Å². The molecule has 0 aliphatic heterocycles. The Labute approximate surface area is 130 Å². The minimum Gasteiger partial charge on any atom is -0.397 e. The third kappa shape index (κ3) is 2.51. The molecule has 2 aromatic carbocycles. The number of aromatic nitrogens is 1. The lowest BCUT2D eigenvalue weighted by Gasteiger charge is -2.10. The summed E-state index contributed by atoms with van der Waals surface area (Å²) in [6.07, 6.45) is 0. The zero-order valence-corrected chi connectivity index (χ0v) is 13.6. The van der Waals surface area contributed by atoms with Gasteiger partial charge < -0.3 is 11.1 Å². The maximum absolute atomic E-state index is 6.12. The third-order valence-electron chi connectivity index (χ3n) is 3.12. The quantitative estimate of drug-likeness (QED) is 0.641. The second kappa shape index (κ2) is 5.07. The molecule has 20 heavy (non-hydrogen) atoms. The molecule has 3 N–H and O–H groups in total. The van der Waals surface area contributed by atoms with Crippen molar-refractivity contribution in [1.29, 1.82) is 0 Å². The molecular formula is C15H14BrN3S. The summed E-state index contributed by atoms with van der Waals surface area (Å²) in [7, 11) is 0. The number of nitrogen functional groups attached to an aromatic ring is 1. The van der Waals surface area contributed by atoms with Gasteiger partial charge in [-0.2, -0.15) is 0 Å². The molecule has 1 aromatic heterocycles. The number of nitrogens with one attached hydrogen (secondary N) is 1. The van der Waals surface area contributed by atoms with Gasteiger partial charge in [-0.3, -0.25) is 0 Å². The van der Waals surface area contributed by atoms with E-state index in [1.165, 1.54) is 5.56 Å².